The number of para-hydroxylation sites is 1. The first kappa shape index (κ1) is 16.6. The minimum atomic E-state index is -0.164. The molecule has 0 radical (unpaired) electrons. The molecule has 1 fully saturated rings. The van der Waals surface area contributed by atoms with E-state index in [0.29, 0.717) is 17.5 Å². The first-order valence-corrected chi connectivity index (χ1v) is 10.4. The Morgan fingerprint density at radius 2 is 2.00 bits per heavy atom. The van der Waals surface area contributed by atoms with Crippen LogP contribution in [0.4, 0.5) is 0 Å². The maximum Gasteiger partial charge on any atom is 0.274 e. The van der Waals surface area contributed by atoms with E-state index in [4.69, 9.17) is 4.98 Å². The summed E-state index contributed by atoms with van der Waals surface area (Å²) in [7, 11) is 0. The first-order chi connectivity index (χ1) is 14.2. The summed E-state index contributed by atoms with van der Waals surface area (Å²) >= 11 is 1.63. The second kappa shape index (κ2) is 6.32. The minimum absolute atomic E-state index is 0.164. The molecule has 0 saturated heterocycles. The molecule has 29 heavy (non-hydrogen) atoms. The Kier molecular flexibility index (Phi) is 3.61. The summed E-state index contributed by atoms with van der Waals surface area (Å²) in [6, 6.07) is 13.5. The average Bonchev–Trinajstić information content (AvgIpc) is 3.42. The number of pyridine rings is 2. The normalized spacial score (nSPS) is 20.1. The predicted octanol–water partition coefficient (Wildman–Crippen LogP) is 4.59. The highest BCUT2D eigenvalue weighted by atomic mass is 32.1. The van der Waals surface area contributed by atoms with Gasteiger partial charge in [0, 0.05) is 35.0 Å². The smallest absolute Gasteiger partial charge is 0.274 e. The fourth-order valence-electron chi connectivity index (χ4n) is 3.86. The Morgan fingerprint density at radius 3 is 2.93 bits per heavy atom. The molecule has 2 aliphatic carbocycles. The first-order valence-electron chi connectivity index (χ1n) is 9.56. The average molecular weight is 396 g/mol. The zero-order valence-corrected chi connectivity index (χ0v) is 16.2. The molecule has 3 aromatic heterocycles. The molecule has 2 atom stereocenters. The van der Waals surface area contributed by atoms with Crippen molar-refractivity contribution < 1.29 is 4.79 Å². The van der Waals surface area contributed by atoms with Crippen LogP contribution in [0.2, 0.25) is 0 Å². The number of aromatic nitrogens is 3. The second-order valence-electron chi connectivity index (χ2n) is 7.43. The van der Waals surface area contributed by atoms with Gasteiger partial charge < -0.3 is 5.32 Å². The van der Waals surface area contributed by atoms with Gasteiger partial charge in [0.1, 0.15) is 10.7 Å². The van der Waals surface area contributed by atoms with Crippen LogP contribution in [0, 0.1) is 11.8 Å². The van der Waals surface area contributed by atoms with Gasteiger partial charge in [-0.1, -0.05) is 30.3 Å². The number of amides is 1. The quantitative estimate of drug-likeness (QED) is 0.550. The highest BCUT2D eigenvalue weighted by Gasteiger charge is 2.42. The van der Waals surface area contributed by atoms with Crippen molar-refractivity contribution in [3.63, 3.8) is 0 Å². The van der Waals surface area contributed by atoms with Crippen LogP contribution in [0.5, 0.6) is 0 Å². The summed E-state index contributed by atoms with van der Waals surface area (Å²) in [5.74, 6) is 0.696. The molecular formula is C23H16N4OS. The molecule has 1 saturated carbocycles. The Labute approximate surface area is 170 Å². The van der Waals surface area contributed by atoms with Crippen molar-refractivity contribution in [1.29, 1.82) is 0 Å². The number of nitrogens with zero attached hydrogens (tertiary/aromatic N) is 3. The monoisotopic (exact) mass is 396 g/mol. The fourth-order valence-corrected chi connectivity index (χ4v) is 4.79. The number of thiazole rings is 1. The van der Waals surface area contributed by atoms with Crippen molar-refractivity contribution >= 4 is 43.9 Å². The molecule has 2 aliphatic rings. The number of hydrogen-bond acceptors (Lipinski definition) is 5. The molecule has 0 bridgehead atoms. The zero-order valence-electron chi connectivity index (χ0n) is 15.4. The molecule has 0 aliphatic heterocycles. The van der Waals surface area contributed by atoms with Gasteiger partial charge in [-0.15, -0.1) is 11.3 Å². The summed E-state index contributed by atoms with van der Waals surface area (Å²) < 4.78 is 1.07. The van der Waals surface area contributed by atoms with Crippen LogP contribution in [-0.2, 0) is 0 Å². The molecule has 1 N–H and O–H groups in total. The summed E-state index contributed by atoms with van der Waals surface area (Å²) in [5.41, 5.74) is 4.25. The largest absolute Gasteiger partial charge is 0.324 e. The number of nitrogens with one attached hydrogen (secondary N) is 1. The summed E-state index contributed by atoms with van der Waals surface area (Å²) in [6.45, 7) is 0. The maximum absolute atomic E-state index is 12.8. The van der Waals surface area contributed by atoms with Crippen molar-refractivity contribution in [2.24, 2.45) is 11.8 Å². The Morgan fingerprint density at radius 1 is 1.07 bits per heavy atom. The molecule has 140 valence electrons. The lowest BCUT2D eigenvalue weighted by atomic mass is 10.0. The Balaban J connectivity index is 1.30. The molecule has 1 amide bonds. The van der Waals surface area contributed by atoms with Crippen LogP contribution in [0.1, 0.15) is 21.9 Å². The van der Waals surface area contributed by atoms with Gasteiger partial charge in [0.2, 0.25) is 0 Å². The SMILES string of the molecule is O=C(NC1=CC(c2nc3ccncc3s2)=CC2CC12)c1ccc2ccccc2n1. The third-order valence-corrected chi connectivity index (χ3v) is 6.53. The topological polar surface area (TPSA) is 67.8 Å². The van der Waals surface area contributed by atoms with Gasteiger partial charge in [-0.05, 0) is 36.6 Å². The maximum atomic E-state index is 12.8. The zero-order chi connectivity index (χ0) is 19.4. The lowest BCUT2D eigenvalue weighted by Gasteiger charge is -2.14. The van der Waals surface area contributed by atoms with Crippen LogP contribution in [0.15, 0.2) is 72.7 Å². The van der Waals surface area contributed by atoms with Gasteiger partial charge in [0.15, 0.2) is 0 Å². The van der Waals surface area contributed by atoms with E-state index in [0.717, 1.165) is 43.8 Å². The van der Waals surface area contributed by atoms with E-state index in [1.54, 1.807) is 23.6 Å². The van der Waals surface area contributed by atoms with Gasteiger partial charge in [-0.3, -0.25) is 9.78 Å². The van der Waals surface area contributed by atoms with Gasteiger partial charge in [-0.25, -0.2) is 9.97 Å². The van der Waals surface area contributed by atoms with Crippen molar-refractivity contribution in [3.8, 4) is 0 Å². The van der Waals surface area contributed by atoms with Gasteiger partial charge in [0.05, 0.1) is 15.7 Å². The van der Waals surface area contributed by atoms with Gasteiger partial charge in [0.25, 0.3) is 5.91 Å². The lowest BCUT2D eigenvalue weighted by molar-refractivity contribution is 0.0959. The number of hydrogen-bond donors (Lipinski definition) is 1. The standard InChI is InChI=1S/C23H16N4OS/c28-22(19-6-5-13-3-1-2-4-17(13)25-19)26-20-11-15(9-14-10-16(14)20)23-27-18-7-8-24-12-21(18)29-23/h1-9,11-12,14,16H,10H2,(H,26,28). The third kappa shape index (κ3) is 2.93. The van der Waals surface area contributed by atoms with Crippen molar-refractivity contribution in [3.05, 3.63) is 83.4 Å². The van der Waals surface area contributed by atoms with E-state index in [-0.39, 0.29) is 5.91 Å². The molecule has 4 aromatic rings. The molecule has 3 heterocycles. The summed E-state index contributed by atoms with van der Waals surface area (Å²) in [5, 5.41) is 5.10. The van der Waals surface area contributed by atoms with Crippen LogP contribution >= 0.6 is 11.3 Å². The number of carbonyl (C=O) groups excluding carboxylic acids is 1. The van der Waals surface area contributed by atoms with Crippen molar-refractivity contribution in [2.45, 2.75) is 6.42 Å². The minimum Gasteiger partial charge on any atom is -0.324 e. The van der Waals surface area contributed by atoms with E-state index < -0.39 is 0 Å². The lowest BCUT2D eigenvalue weighted by Crippen LogP contribution is -2.26. The third-order valence-electron chi connectivity index (χ3n) is 5.47. The highest BCUT2D eigenvalue weighted by molar-refractivity contribution is 7.19. The highest BCUT2D eigenvalue weighted by Crippen LogP contribution is 2.49. The van der Waals surface area contributed by atoms with Gasteiger partial charge in [-0.2, -0.15) is 0 Å². The number of rotatable bonds is 3. The molecule has 0 spiro atoms. The van der Waals surface area contributed by atoms with Gasteiger partial charge >= 0.3 is 0 Å². The number of allylic oxidation sites excluding steroid dienone is 4. The van der Waals surface area contributed by atoms with Crippen molar-refractivity contribution in [2.75, 3.05) is 0 Å². The summed E-state index contributed by atoms with van der Waals surface area (Å²) in [6.07, 6.45) is 9.01. The van der Waals surface area contributed by atoms with E-state index in [1.165, 1.54) is 0 Å². The predicted molar refractivity (Wildman–Crippen MR) is 114 cm³/mol. The molecule has 1 aromatic carbocycles. The van der Waals surface area contributed by atoms with E-state index in [1.807, 2.05) is 42.6 Å². The fraction of sp³-hybridized carbons (Fsp3) is 0.130. The van der Waals surface area contributed by atoms with E-state index >= 15 is 0 Å². The Hall–Kier alpha value is -3.38. The van der Waals surface area contributed by atoms with E-state index in [9.17, 15) is 4.79 Å². The molecule has 6 heteroatoms. The second-order valence-corrected chi connectivity index (χ2v) is 8.46. The van der Waals surface area contributed by atoms with Crippen LogP contribution < -0.4 is 5.32 Å². The van der Waals surface area contributed by atoms with Crippen LogP contribution in [0.3, 0.4) is 0 Å². The number of carbonyl (C=O) groups is 1. The summed E-state index contributed by atoms with van der Waals surface area (Å²) in [4.78, 5) is 26.3. The van der Waals surface area contributed by atoms with E-state index in [2.05, 4.69) is 27.4 Å². The molecule has 2 unspecified atom stereocenters. The van der Waals surface area contributed by atoms with Crippen molar-refractivity contribution in [1.82, 2.24) is 20.3 Å². The molecule has 6 rings (SSSR count). The van der Waals surface area contributed by atoms with Crippen LogP contribution in [0.25, 0.3) is 26.7 Å². The number of fused-ring (bicyclic) bond motifs is 3. The number of benzene rings is 1. The van der Waals surface area contributed by atoms with Crippen LogP contribution in [-0.4, -0.2) is 20.9 Å². The molecule has 5 nitrogen and oxygen atoms in total. The Bertz CT molecular complexity index is 1320. The molecular weight excluding hydrogens is 380 g/mol.